The molecule has 17 heavy (non-hydrogen) atoms. The first-order valence-electron chi connectivity index (χ1n) is 5.24. The van der Waals surface area contributed by atoms with Crippen LogP contribution in [0.1, 0.15) is 5.69 Å². The maximum absolute atomic E-state index is 9.01. The monoisotopic (exact) mass is 226 g/mol. The number of hydrogen-bond donors (Lipinski definition) is 1. The van der Waals surface area contributed by atoms with Crippen LogP contribution in [0.25, 0.3) is 17.0 Å². The highest BCUT2D eigenvalue weighted by molar-refractivity contribution is 5.55. The first-order valence-corrected chi connectivity index (χ1v) is 5.24. The first-order chi connectivity index (χ1) is 8.36. The Bertz CT molecular complexity index is 648. The van der Waals surface area contributed by atoms with E-state index < -0.39 is 0 Å². The number of imidazole rings is 1. The number of aliphatic hydroxyl groups is 1. The van der Waals surface area contributed by atoms with Crippen molar-refractivity contribution in [2.75, 3.05) is 0 Å². The summed E-state index contributed by atoms with van der Waals surface area (Å²) in [6.07, 6.45) is 3.44. The van der Waals surface area contributed by atoms with E-state index in [1.54, 1.807) is 16.9 Å². The van der Waals surface area contributed by atoms with Gasteiger partial charge in [0.25, 0.3) is 0 Å². The van der Waals surface area contributed by atoms with E-state index in [1.807, 2.05) is 30.3 Å². The van der Waals surface area contributed by atoms with Gasteiger partial charge in [-0.1, -0.05) is 6.07 Å². The molecule has 3 rings (SSSR count). The van der Waals surface area contributed by atoms with Crippen LogP contribution in [-0.4, -0.2) is 24.7 Å². The van der Waals surface area contributed by atoms with Crippen LogP contribution in [0.2, 0.25) is 0 Å². The molecule has 5 nitrogen and oxygen atoms in total. The number of fused-ring (bicyclic) bond motifs is 1. The van der Waals surface area contributed by atoms with Gasteiger partial charge < -0.3 is 5.11 Å². The summed E-state index contributed by atoms with van der Waals surface area (Å²) in [7, 11) is 0. The van der Waals surface area contributed by atoms with Gasteiger partial charge in [0.2, 0.25) is 0 Å². The molecule has 3 aromatic heterocycles. The van der Waals surface area contributed by atoms with Gasteiger partial charge in [-0.3, -0.25) is 4.98 Å². The van der Waals surface area contributed by atoms with Gasteiger partial charge in [0.15, 0.2) is 5.65 Å². The minimum absolute atomic E-state index is 0.0811. The van der Waals surface area contributed by atoms with Gasteiger partial charge in [0, 0.05) is 6.20 Å². The maximum atomic E-state index is 9.01. The van der Waals surface area contributed by atoms with Crippen LogP contribution in [0.5, 0.6) is 0 Å². The number of hydrogen-bond acceptors (Lipinski definition) is 4. The van der Waals surface area contributed by atoms with E-state index in [4.69, 9.17) is 5.11 Å². The zero-order chi connectivity index (χ0) is 11.7. The highest BCUT2D eigenvalue weighted by atomic mass is 16.3. The fourth-order valence-electron chi connectivity index (χ4n) is 1.66. The summed E-state index contributed by atoms with van der Waals surface area (Å²) in [5.41, 5.74) is 2.91. The highest BCUT2D eigenvalue weighted by Gasteiger charge is 2.04. The van der Waals surface area contributed by atoms with Gasteiger partial charge in [0.05, 0.1) is 24.2 Å². The number of aromatic nitrogens is 4. The predicted octanol–water partition coefficient (Wildman–Crippen LogP) is 1.28. The molecule has 0 saturated carbocycles. The third kappa shape index (κ3) is 1.76. The van der Waals surface area contributed by atoms with Crippen LogP contribution in [0.15, 0.2) is 42.7 Å². The molecule has 84 valence electrons. The fourth-order valence-corrected chi connectivity index (χ4v) is 1.66. The lowest BCUT2D eigenvalue weighted by Gasteiger charge is -1.99. The molecular weight excluding hydrogens is 216 g/mol. The van der Waals surface area contributed by atoms with E-state index in [0.29, 0.717) is 11.3 Å². The van der Waals surface area contributed by atoms with Crippen molar-refractivity contribution in [3.8, 4) is 11.4 Å². The highest BCUT2D eigenvalue weighted by Crippen LogP contribution is 2.14. The van der Waals surface area contributed by atoms with Crippen LogP contribution >= 0.6 is 0 Å². The van der Waals surface area contributed by atoms with Crippen LogP contribution in [0.3, 0.4) is 0 Å². The van der Waals surface area contributed by atoms with Gasteiger partial charge in [-0.25, -0.2) is 9.50 Å². The molecule has 0 aromatic carbocycles. The zero-order valence-corrected chi connectivity index (χ0v) is 8.98. The quantitative estimate of drug-likeness (QED) is 0.715. The summed E-state index contributed by atoms with van der Waals surface area (Å²) in [6.45, 7) is -0.0811. The third-order valence-electron chi connectivity index (χ3n) is 2.46. The summed E-state index contributed by atoms with van der Waals surface area (Å²) in [5.74, 6) is 0. The molecular formula is C12H10N4O. The summed E-state index contributed by atoms with van der Waals surface area (Å²) in [4.78, 5) is 8.43. The SMILES string of the molecule is OCc1cn2nc(-c3ccccn3)ccc2n1. The van der Waals surface area contributed by atoms with Crippen molar-refractivity contribution in [1.29, 1.82) is 0 Å². The van der Waals surface area contributed by atoms with Crippen LogP contribution < -0.4 is 0 Å². The average Bonchev–Trinajstić information content (AvgIpc) is 2.81. The average molecular weight is 226 g/mol. The molecule has 0 saturated heterocycles. The standard InChI is InChI=1S/C12H10N4O/c17-8-9-7-16-12(14-9)5-4-11(15-16)10-3-1-2-6-13-10/h1-7,17H,8H2. The van der Waals surface area contributed by atoms with Crippen molar-refractivity contribution in [2.45, 2.75) is 6.61 Å². The molecule has 0 radical (unpaired) electrons. The van der Waals surface area contributed by atoms with E-state index in [9.17, 15) is 0 Å². The molecule has 5 heteroatoms. The molecule has 3 heterocycles. The van der Waals surface area contributed by atoms with Crippen LogP contribution in [-0.2, 0) is 6.61 Å². The van der Waals surface area contributed by atoms with Crippen molar-refractivity contribution in [3.05, 3.63) is 48.4 Å². The molecule has 0 unspecified atom stereocenters. The van der Waals surface area contributed by atoms with Gasteiger partial charge in [-0.15, -0.1) is 0 Å². The largest absolute Gasteiger partial charge is 0.390 e. The minimum atomic E-state index is -0.0811. The van der Waals surface area contributed by atoms with Gasteiger partial charge in [-0.2, -0.15) is 5.10 Å². The Balaban J connectivity index is 2.13. The topological polar surface area (TPSA) is 63.3 Å². The van der Waals surface area contributed by atoms with Crippen molar-refractivity contribution in [2.24, 2.45) is 0 Å². The van der Waals surface area contributed by atoms with Gasteiger partial charge in [-0.05, 0) is 24.3 Å². The van der Waals surface area contributed by atoms with Crippen molar-refractivity contribution < 1.29 is 5.11 Å². The minimum Gasteiger partial charge on any atom is -0.390 e. The van der Waals surface area contributed by atoms with Crippen LogP contribution in [0, 0.1) is 0 Å². The Morgan fingerprint density at radius 3 is 2.82 bits per heavy atom. The number of rotatable bonds is 2. The van der Waals surface area contributed by atoms with Crippen molar-refractivity contribution in [3.63, 3.8) is 0 Å². The lowest BCUT2D eigenvalue weighted by atomic mass is 10.2. The van der Waals surface area contributed by atoms with Crippen molar-refractivity contribution >= 4 is 5.65 Å². The van der Waals surface area contributed by atoms with E-state index in [2.05, 4.69) is 15.1 Å². The Hall–Kier alpha value is -2.27. The molecule has 0 spiro atoms. The second kappa shape index (κ2) is 3.95. The molecule has 0 aliphatic heterocycles. The molecule has 0 amide bonds. The van der Waals surface area contributed by atoms with E-state index >= 15 is 0 Å². The first kappa shape index (κ1) is 9.92. The molecule has 1 N–H and O–H groups in total. The maximum Gasteiger partial charge on any atom is 0.153 e. The Morgan fingerprint density at radius 1 is 1.12 bits per heavy atom. The summed E-state index contributed by atoms with van der Waals surface area (Å²) in [5, 5.41) is 13.4. The van der Waals surface area contributed by atoms with Gasteiger partial charge >= 0.3 is 0 Å². The third-order valence-corrected chi connectivity index (χ3v) is 2.46. The van der Waals surface area contributed by atoms with Crippen molar-refractivity contribution in [1.82, 2.24) is 19.6 Å². The molecule has 0 bridgehead atoms. The van der Waals surface area contributed by atoms with Gasteiger partial charge in [0.1, 0.15) is 5.69 Å². The Kier molecular flexibility index (Phi) is 2.31. The molecule has 0 fully saturated rings. The van der Waals surface area contributed by atoms with E-state index in [-0.39, 0.29) is 6.61 Å². The predicted molar refractivity (Wildman–Crippen MR) is 62.1 cm³/mol. The van der Waals surface area contributed by atoms with E-state index in [0.717, 1.165) is 11.4 Å². The number of pyridine rings is 1. The zero-order valence-electron chi connectivity index (χ0n) is 8.98. The Labute approximate surface area is 97.4 Å². The second-order valence-corrected chi connectivity index (χ2v) is 3.63. The molecule has 0 aliphatic rings. The lowest BCUT2D eigenvalue weighted by Crippen LogP contribution is -1.94. The smallest absolute Gasteiger partial charge is 0.153 e. The normalized spacial score (nSPS) is 10.9. The summed E-state index contributed by atoms with van der Waals surface area (Å²) in [6, 6.07) is 9.41. The molecule has 0 aliphatic carbocycles. The molecule has 3 aromatic rings. The summed E-state index contributed by atoms with van der Waals surface area (Å²) < 4.78 is 1.65. The van der Waals surface area contributed by atoms with Crippen LogP contribution in [0.4, 0.5) is 0 Å². The second-order valence-electron chi connectivity index (χ2n) is 3.63. The Morgan fingerprint density at radius 2 is 2.06 bits per heavy atom. The lowest BCUT2D eigenvalue weighted by molar-refractivity contribution is 0.277. The summed E-state index contributed by atoms with van der Waals surface area (Å²) >= 11 is 0. The number of aliphatic hydroxyl groups excluding tert-OH is 1. The molecule has 0 atom stereocenters. The number of nitrogens with zero attached hydrogens (tertiary/aromatic N) is 4. The van der Waals surface area contributed by atoms with E-state index in [1.165, 1.54) is 0 Å². The fraction of sp³-hybridized carbons (Fsp3) is 0.0833.